The van der Waals surface area contributed by atoms with Crippen molar-refractivity contribution in [3.63, 3.8) is 0 Å². The van der Waals surface area contributed by atoms with Crippen LogP contribution < -0.4 is 10.1 Å². The van der Waals surface area contributed by atoms with Crippen LogP contribution in [0.4, 0.5) is 5.00 Å². The standard InChI is InChI=1S/C27H28N2O8S/c1-4-36-27(34)22-20(16-9-11-17(35-3)12-10-16)14-38-23(22)28-21(30)13-37-26(33)15(2)29-24(31)18-7-5-6-8-19(18)25(29)32/h5-6,9-12,14-15,18-19H,4,7-8,13H2,1-3H3,(H,28,30)/t15-,18-,19-/m0/s1. The van der Waals surface area contributed by atoms with Gasteiger partial charge in [0.15, 0.2) is 6.61 Å². The molecule has 0 unspecified atom stereocenters. The quantitative estimate of drug-likeness (QED) is 0.291. The van der Waals surface area contributed by atoms with Gasteiger partial charge in [-0.3, -0.25) is 19.3 Å². The second-order valence-corrected chi connectivity index (χ2v) is 9.72. The maximum atomic E-state index is 12.7. The smallest absolute Gasteiger partial charge is 0.341 e. The molecule has 3 amide bonds. The Balaban J connectivity index is 1.42. The Morgan fingerprint density at radius 3 is 2.26 bits per heavy atom. The highest BCUT2D eigenvalue weighted by Gasteiger charge is 2.50. The molecule has 3 atom stereocenters. The number of carbonyl (C=O) groups excluding carboxylic acids is 5. The van der Waals surface area contributed by atoms with E-state index >= 15 is 0 Å². The normalized spacial score (nSPS) is 19.1. The fraction of sp³-hybridized carbons (Fsp3) is 0.370. The van der Waals surface area contributed by atoms with Gasteiger partial charge < -0.3 is 19.5 Å². The van der Waals surface area contributed by atoms with E-state index in [0.29, 0.717) is 24.2 Å². The van der Waals surface area contributed by atoms with Gasteiger partial charge in [-0.25, -0.2) is 9.59 Å². The average molecular weight is 541 g/mol. The number of carbonyl (C=O) groups is 5. The third kappa shape index (κ3) is 5.33. The van der Waals surface area contributed by atoms with Crippen LogP contribution in [0.3, 0.4) is 0 Å². The molecule has 2 heterocycles. The molecule has 0 saturated carbocycles. The summed E-state index contributed by atoms with van der Waals surface area (Å²) in [6, 6.07) is 5.91. The molecule has 1 aliphatic heterocycles. The molecule has 0 spiro atoms. The van der Waals surface area contributed by atoms with E-state index in [2.05, 4.69) is 5.32 Å². The number of methoxy groups -OCH3 is 1. The Hall–Kier alpha value is -3.99. The third-order valence-corrected chi connectivity index (χ3v) is 7.44. The molecule has 1 fully saturated rings. The molecule has 1 aromatic heterocycles. The zero-order valence-corrected chi connectivity index (χ0v) is 22.0. The number of benzene rings is 1. The molecule has 0 bridgehead atoms. The van der Waals surface area contributed by atoms with Crippen LogP contribution in [0.25, 0.3) is 11.1 Å². The van der Waals surface area contributed by atoms with Gasteiger partial charge in [-0.1, -0.05) is 24.3 Å². The number of esters is 2. The number of hydrogen-bond donors (Lipinski definition) is 1. The number of nitrogens with one attached hydrogen (secondary N) is 1. The van der Waals surface area contributed by atoms with Gasteiger partial charge in [-0.2, -0.15) is 0 Å². The number of rotatable bonds is 9. The largest absolute Gasteiger partial charge is 0.497 e. The minimum absolute atomic E-state index is 0.144. The molecule has 0 radical (unpaired) electrons. The van der Waals surface area contributed by atoms with E-state index in [4.69, 9.17) is 14.2 Å². The van der Waals surface area contributed by atoms with Crippen molar-refractivity contribution >= 4 is 46.0 Å². The molecule has 1 aliphatic carbocycles. The van der Waals surface area contributed by atoms with Gasteiger partial charge in [0.25, 0.3) is 5.91 Å². The second kappa shape index (κ2) is 11.6. The van der Waals surface area contributed by atoms with E-state index < -0.39 is 54.1 Å². The summed E-state index contributed by atoms with van der Waals surface area (Å²) in [6.45, 7) is 2.56. The fourth-order valence-electron chi connectivity index (χ4n) is 4.57. The number of likely N-dealkylation sites (tertiary alicyclic amines) is 1. The Morgan fingerprint density at radius 2 is 1.68 bits per heavy atom. The van der Waals surface area contributed by atoms with Crippen molar-refractivity contribution in [2.24, 2.45) is 11.8 Å². The molecule has 200 valence electrons. The van der Waals surface area contributed by atoms with Crippen molar-refractivity contribution in [1.82, 2.24) is 4.90 Å². The minimum atomic E-state index is -1.16. The lowest BCUT2D eigenvalue weighted by Gasteiger charge is -2.21. The van der Waals surface area contributed by atoms with Crippen LogP contribution in [0, 0.1) is 11.8 Å². The van der Waals surface area contributed by atoms with Crippen LogP contribution in [-0.2, 0) is 28.7 Å². The Morgan fingerprint density at radius 1 is 1.05 bits per heavy atom. The van der Waals surface area contributed by atoms with Gasteiger partial charge in [-0.15, -0.1) is 11.3 Å². The number of amides is 3. The highest BCUT2D eigenvalue weighted by atomic mass is 32.1. The second-order valence-electron chi connectivity index (χ2n) is 8.84. The number of hydrogen-bond acceptors (Lipinski definition) is 9. The molecule has 10 nitrogen and oxygen atoms in total. The molecule has 1 saturated heterocycles. The van der Waals surface area contributed by atoms with Crippen LogP contribution in [-0.4, -0.2) is 60.9 Å². The molecule has 1 aromatic carbocycles. The molecule has 11 heteroatoms. The molecule has 1 N–H and O–H groups in total. The molecular formula is C27H28N2O8S. The summed E-state index contributed by atoms with van der Waals surface area (Å²) in [4.78, 5) is 64.4. The fourth-order valence-corrected chi connectivity index (χ4v) is 5.55. The van der Waals surface area contributed by atoms with Crippen LogP contribution in [0.2, 0.25) is 0 Å². The van der Waals surface area contributed by atoms with Gasteiger partial charge in [0.1, 0.15) is 22.4 Å². The van der Waals surface area contributed by atoms with E-state index in [1.54, 1.807) is 43.7 Å². The van der Waals surface area contributed by atoms with Crippen LogP contribution >= 0.6 is 11.3 Å². The number of ether oxygens (including phenoxy) is 3. The number of fused-ring (bicyclic) bond motifs is 1. The van der Waals surface area contributed by atoms with Gasteiger partial charge in [0.05, 0.1) is 25.6 Å². The van der Waals surface area contributed by atoms with E-state index in [1.165, 1.54) is 6.92 Å². The summed E-state index contributed by atoms with van der Waals surface area (Å²) < 4.78 is 15.5. The number of thiophene rings is 1. The highest BCUT2D eigenvalue weighted by Crippen LogP contribution is 2.38. The monoisotopic (exact) mass is 540 g/mol. The first-order valence-electron chi connectivity index (χ1n) is 12.2. The van der Waals surface area contributed by atoms with Crippen molar-refractivity contribution in [3.05, 3.63) is 47.4 Å². The summed E-state index contributed by atoms with van der Waals surface area (Å²) in [5.74, 6) is -3.25. The van der Waals surface area contributed by atoms with Gasteiger partial charge in [0, 0.05) is 10.9 Å². The van der Waals surface area contributed by atoms with E-state index in [1.807, 2.05) is 12.2 Å². The number of allylic oxidation sites excluding steroid dienone is 2. The molecule has 38 heavy (non-hydrogen) atoms. The summed E-state index contributed by atoms with van der Waals surface area (Å²) >= 11 is 1.13. The summed E-state index contributed by atoms with van der Waals surface area (Å²) in [6.07, 6.45) is 4.63. The summed E-state index contributed by atoms with van der Waals surface area (Å²) in [7, 11) is 1.55. The molecule has 4 rings (SSSR count). The lowest BCUT2D eigenvalue weighted by atomic mass is 9.85. The first kappa shape index (κ1) is 27.1. The lowest BCUT2D eigenvalue weighted by molar-refractivity contribution is -0.159. The van der Waals surface area contributed by atoms with Crippen molar-refractivity contribution in [2.75, 3.05) is 25.6 Å². The van der Waals surface area contributed by atoms with Crippen molar-refractivity contribution in [1.29, 1.82) is 0 Å². The molecule has 2 aliphatic rings. The van der Waals surface area contributed by atoms with E-state index in [-0.39, 0.29) is 17.2 Å². The van der Waals surface area contributed by atoms with Crippen LogP contribution in [0.15, 0.2) is 41.8 Å². The number of nitrogens with zero attached hydrogens (tertiary/aromatic N) is 1. The topological polar surface area (TPSA) is 128 Å². The van der Waals surface area contributed by atoms with E-state index in [0.717, 1.165) is 21.8 Å². The zero-order valence-electron chi connectivity index (χ0n) is 21.2. The predicted molar refractivity (Wildman–Crippen MR) is 139 cm³/mol. The number of imide groups is 1. The van der Waals surface area contributed by atoms with Crippen LogP contribution in [0.5, 0.6) is 5.75 Å². The van der Waals surface area contributed by atoms with Crippen LogP contribution in [0.1, 0.15) is 37.0 Å². The Kier molecular flexibility index (Phi) is 8.26. The Bertz CT molecular complexity index is 1260. The third-order valence-electron chi connectivity index (χ3n) is 6.54. The summed E-state index contributed by atoms with van der Waals surface area (Å²) in [5, 5.41) is 4.57. The van der Waals surface area contributed by atoms with Gasteiger partial charge >= 0.3 is 11.9 Å². The maximum Gasteiger partial charge on any atom is 0.341 e. The van der Waals surface area contributed by atoms with Crippen molar-refractivity contribution < 1.29 is 38.2 Å². The van der Waals surface area contributed by atoms with E-state index in [9.17, 15) is 24.0 Å². The first-order valence-corrected chi connectivity index (χ1v) is 13.1. The van der Waals surface area contributed by atoms with Crippen molar-refractivity contribution in [2.45, 2.75) is 32.7 Å². The number of anilines is 1. The van der Waals surface area contributed by atoms with Gasteiger partial charge in [0.2, 0.25) is 11.8 Å². The highest BCUT2D eigenvalue weighted by molar-refractivity contribution is 7.15. The zero-order chi connectivity index (χ0) is 27.4. The van der Waals surface area contributed by atoms with Crippen molar-refractivity contribution in [3.8, 4) is 16.9 Å². The first-order chi connectivity index (χ1) is 18.3. The van der Waals surface area contributed by atoms with Gasteiger partial charge in [-0.05, 0) is 44.4 Å². The average Bonchev–Trinajstić information content (AvgIpc) is 3.45. The summed E-state index contributed by atoms with van der Waals surface area (Å²) in [5.41, 5.74) is 1.47. The lowest BCUT2D eigenvalue weighted by Crippen LogP contribution is -2.45. The Labute approximate surface area is 223 Å². The molecule has 2 aromatic rings. The maximum absolute atomic E-state index is 12.7. The minimum Gasteiger partial charge on any atom is -0.497 e. The molecular weight excluding hydrogens is 512 g/mol. The predicted octanol–water partition coefficient (Wildman–Crippen LogP) is 3.42. The SMILES string of the molecule is CCOC(=O)c1c(-c2ccc(OC)cc2)csc1NC(=O)COC(=O)[C@H](C)N1C(=O)[C@H]2CC=CC[C@@H]2C1=O.